The Hall–Kier alpha value is -3.18. The first-order chi connectivity index (χ1) is 19.7. The van der Waals surface area contributed by atoms with Crippen molar-refractivity contribution < 1.29 is 33.5 Å². The Balaban J connectivity index is 2.55. The number of hydrogen-bond donors (Lipinski definition) is 2. The Kier molecular flexibility index (Phi) is 12.8. The molecule has 2 rings (SSSR count). The number of rotatable bonds is 5. The number of nitrogens with one attached hydrogen (secondary N) is 2. The molecule has 42 heavy (non-hydrogen) atoms. The monoisotopic (exact) mass is 593 g/mol. The lowest BCUT2D eigenvalue weighted by molar-refractivity contribution is -0.165. The molecular weight excluding hydrogens is 542 g/mol. The third kappa shape index (κ3) is 8.01. The molecule has 0 aromatic rings. The van der Waals surface area contributed by atoms with Gasteiger partial charge in [-0.2, -0.15) is 0 Å². The molecule has 12 heteroatoms. The molecule has 0 saturated carbocycles. The van der Waals surface area contributed by atoms with Crippen molar-refractivity contribution in [2.45, 2.75) is 111 Å². The molecule has 2 aliphatic rings. The second-order valence-corrected chi connectivity index (χ2v) is 12.2. The minimum Gasteiger partial charge on any atom is -0.452 e. The lowest BCUT2D eigenvalue weighted by Crippen LogP contribution is -2.61. The zero-order valence-electron chi connectivity index (χ0n) is 26.8. The number of cyclic esters (lactones) is 1. The van der Waals surface area contributed by atoms with Crippen molar-refractivity contribution in [1.82, 2.24) is 25.3 Å². The van der Waals surface area contributed by atoms with Crippen molar-refractivity contribution in [1.29, 1.82) is 0 Å². The van der Waals surface area contributed by atoms with Gasteiger partial charge >= 0.3 is 5.97 Å². The van der Waals surface area contributed by atoms with Gasteiger partial charge in [-0.15, -0.1) is 0 Å². The van der Waals surface area contributed by atoms with Gasteiger partial charge in [-0.05, 0) is 38.0 Å². The summed E-state index contributed by atoms with van der Waals surface area (Å²) in [5.74, 6) is -3.70. The second-order valence-electron chi connectivity index (χ2n) is 12.2. The van der Waals surface area contributed by atoms with Crippen LogP contribution in [0.4, 0.5) is 0 Å². The normalized spacial score (nSPS) is 29.3. The van der Waals surface area contributed by atoms with E-state index in [1.807, 2.05) is 41.5 Å². The smallest absolute Gasteiger partial charge is 0.308 e. The maximum absolute atomic E-state index is 13.9. The minimum atomic E-state index is -1.08. The average molecular weight is 594 g/mol. The van der Waals surface area contributed by atoms with Gasteiger partial charge in [0.2, 0.25) is 23.6 Å². The molecule has 0 aliphatic carbocycles. The van der Waals surface area contributed by atoms with E-state index < -0.39 is 65.8 Å². The van der Waals surface area contributed by atoms with Crippen LogP contribution in [0.5, 0.6) is 0 Å². The van der Waals surface area contributed by atoms with Crippen molar-refractivity contribution in [3.05, 3.63) is 0 Å². The molecule has 0 aromatic heterocycles. The fraction of sp³-hybridized carbons (Fsp3) is 0.800. The molecule has 2 aliphatic heterocycles. The van der Waals surface area contributed by atoms with E-state index in [0.717, 1.165) is 0 Å². The molecule has 238 valence electrons. The summed E-state index contributed by atoms with van der Waals surface area (Å²) in [6.07, 6.45) is 0.910. The molecule has 12 nitrogen and oxygen atoms in total. The maximum atomic E-state index is 13.9. The Morgan fingerprint density at radius 2 is 1.48 bits per heavy atom. The van der Waals surface area contributed by atoms with Crippen LogP contribution in [0, 0.1) is 17.8 Å². The van der Waals surface area contributed by atoms with E-state index in [-0.39, 0.29) is 30.7 Å². The predicted octanol–water partition coefficient (Wildman–Crippen LogP) is 1.32. The van der Waals surface area contributed by atoms with Crippen LogP contribution in [0.15, 0.2) is 0 Å². The van der Waals surface area contributed by atoms with Crippen LogP contribution in [-0.4, -0.2) is 108 Å². The van der Waals surface area contributed by atoms with Crippen LogP contribution in [0.3, 0.4) is 0 Å². The van der Waals surface area contributed by atoms with Crippen LogP contribution in [0.1, 0.15) is 80.6 Å². The zero-order chi connectivity index (χ0) is 31.9. The Morgan fingerprint density at radius 1 is 0.857 bits per heavy atom. The SMILES string of the molecule is CC[C@@H](C)[C@@H]1OC(=O)CCNC(=O)[C@H](C)N(C)C(=O)[C@@H](C(C)C)N(C)C(=O)[C@H]([C@@H](C)CC)NC(=O)[C@H]2CCCN2C1=O. The van der Waals surface area contributed by atoms with Crippen molar-refractivity contribution in [3.63, 3.8) is 0 Å². The van der Waals surface area contributed by atoms with Crippen molar-refractivity contribution in [2.75, 3.05) is 27.2 Å². The minimum absolute atomic E-state index is 0.0389. The third-order valence-corrected chi connectivity index (χ3v) is 8.86. The highest BCUT2D eigenvalue weighted by Crippen LogP contribution is 2.25. The van der Waals surface area contributed by atoms with Crippen molar-refractivity contribution in [2.24, 2.45) is 17.8 Å². The number of hydrogen-bond acceptors (Lipinski definition) is 7. The standard InChI is InChI=1S/C30H51N5O7/c1-10-18(5)23-28(39)34(9)24(17(3)4)29(40)33(8)20(7)26(37)31-15-14-22(36)42-25(19(6)11-2)30(41)35-16-12-13-21(35)27(38)32-23/h17-21,23-25H,10-16H2,1-9H3,(H,31,37)(H,32,38)/t18-,19+,20-,21+,23-,24+,25-/m0/s1. The van der Waals surface area contributed by atoms with Crippen LogP contribution in [0.2, 0.25) is 0 Å². The molecule has 0 radical (unpaired) electrons. The summed E-state index contributed by atoms with van der Waals surface area (Å²) in [5, 5.41) is 5.57. The Bertz CT molecular complexity index is 1020. The number of carbonyl (C=O) groups excluding carboxylic acids is 6. The van der Waals surface area contributed by atoms with E-state index in [1.165, 1.54) is 21.7 Å². The number of amides is 5. The quantitative estimate of drug-likeness (QED) is 0.457. The van der Waals surface area contributed by atoms with Crippen molar-refractivity contribution >= 4 is 35.5 Å². The van der Waals surface area contributed by atoms with Gasteiger partial charge in [0.25, 0.3) is 5.91 Å². The highest BCUT2D eigenvalue weighted by molar-refractivity contribution is 5.96. The van der Waals surface area contributed by atoms with E-state index in [9.17, 15) is 28.8 Å². The number of esters is 1. The lowest BCUT2D eigenvalue weighted by atomic mass is 9.94. The zero-order valence-corrected chi connectivity index (χ0v) is 26.8. The Morgan fingerprint density at radius 3 is 2.05 bits per heavy atom. The van der Waals surface area contributed by atoms with Gasteiger partial charge in [0, 0.05) is 33.1 Å². The average Bonchev–Trinajstić information content (AvgIpc) is 3.45. The fourth-order valence-electron chi connectivity index (χ4n) is 5.49. The molecule has 5 amide bonds. The first-order valence-corrected chi connectivity index (χ1v) is 15.3. The largest absolute Gasteiger partial charge is 0.452 e. The number of fused-ring (bicyclic) bond motifs is 1. The number of ether oxygens (including phenoxy) is 1. The predicted molar refractivity (Wildman–Crippen MR) is 157 cm³/mol. The molecule has 2 saturated heterocycles. The molecule has 0 spiro atoms. The van der Waals surface area contributed by atoms with Crippen molar-refractivity contribution in [3.8, 4) is 0 Å². The first kappa shape index (κ1) is 35.0. The van der Waals surface area contributed by atoms with Gasteiger partial charge in [-0.3, -0.25) is 28.8 Å². The summed E-state index contributed by atoms with van der Waals surface area (Å²) in [4.78, 5) is 84.8. The summed E-state index contributed by atoms with van der Waals surface area (Å²) >= 11 is 0. The molecule has 0 bridgehead atoms. The van der Waals surface area contributed by atoms with Gasteiger partial charge in [0.1, 0.15) is 24.2 Å². The second kappa shape index (κ2) is 15.3. The van der Waals surface area contributed by atoms with E-state index >= 15 is 0 Å². The Labute approximate surface area is 250 Å². The molecule has 2 heterocycles. The summed E-state index contributed by atoms with van der Waals surface area (Å²) in [7, 11) is 3.04. The van der Waals surface area contributed by atoms with E-state index in [2.05, 4.69) is 10.6 Å². The van der Waals surface area contributed by atoms with E-state index in [4.69, 9.17) is 4.74 Å². The number of carbonyl (C=O) groups is 6. The van der Waals surface area contributed by atoms with Gasteiger partial charge < -0.3 is 30.1 Å². The van der Waals surface area contributed by atoms with Gasteiger partial charge in [0.05, 0.1) is 6.42 Å². The first-order valence-electron chi connectivity index (χ1n) is 15.3. The van der Waals surface area contributed by atoms with Gasteiger partial charge in [-0.25, -0.2) is 0 Å². The van der Waals surface area contributed by atoms with Crippen LogP contribution in [0.25, 0.3) is 0 Å². The van der Waals surface area contributed by atoms with Crippen LogP contribution >= 0.6 is 0 Å². The fourth-order valence-corrected chi connectivity index (χ4v) is 5.49. The number of nitrogens with zero attached hydrogens (tertiary/aromatic N) is 3. The van der Waals surface area contributed by atoms with E-state index in [0.29, 0.717) is 32.2 Å². The molecule has 2 N–H and O–H groups in total. The summed E-state index contributed by atoms with van der Waals surface area (Å²) in [5.41, 5.74) is 0. The van der Waals surface area contributed by atoms with Gasteiger partial charge in [-0.1, -0.05) is 48.0 Å². The topological polar surface area (TPSA) is 145 Å². The summed E-state index contributed by atoms with van der Waals surface area (Å²) in [6, 6.07) is -3.52. The molecule has 7 atom stereocenters. The number of likely N-dealkylation sites (N-methyl/N-ethyl adjacent to an activating group) is 2. The van der Waals surface area contributed by atoms with Crippen LogP contribution in [-0.2, 0) is 33.5 Å². The summed E-state index contributed by atoms with van der Waals surface area (Å²) < 4.78 is 5.63. The molecule has 0 aromatic carbocycles. The highest BCUT2D eigenvalue weighted by Gasteiger charge is 2.43. The highest BCUT2D eigenvalue weighted by atomic mass is 16.5. The molecule has 2 fully saturated rings. The molecular formula is C30H51N5O7. The van der Waals surface area contributed by atoms with E-state index in [1.54, 1.807) is 14.0 Å². The molecule has 0 unspecified atom stereocenters. The summed E-state index contributed by atoms with van der Waals surface area (Å²) in [6.45, 7) is 13.0. The van der Waals surface area contributed by atoms with Crippen LogP contribution < -0.4 is 10.6 Å². The lowest BCUT2D eigenvalue weighted by Gasteiger charge is -2.38. The maximum Gasteiger partial charge on any atom is 0.308 e. The third-order valence-electron chi connectivity index (χ3n) is 8.86. The van der Waals surface area contributed by atoms with Gasteiger partial charge in [0.15, 0.2) is 6.10 Å².